The van der Waals surface area contributed by atoms with Crippen molar-refractivity contribution in [3.63, 3.8) is 0 Å². The average Bonchev–Trinajstić information content (AvgIpc) is 2.64. The molecule has 0 aromatic heterocycles. The minimum atomic E-state index is 0.0173. The first-order valence-electron chi connectivity index (χ1n) is 10.0. The molecule has 2 rings (SSSR count). The highest BCUT2D eigenvalue weighted by Crippen LogP contribution is 2.43. The topological polar surface area (TPSA) is 0 Å². The molecule has 0 aliphatic heterocycles. The second-order valence-electron chi connectivity index (χ2n) is 7.81. The zero-order valence-electron chi connectivity index (χ0n) is 16.7. The summed E-state index contributed by atoms with van der Waals surface area (Å²) in [5, 5.41) is 0. The van der Waals surface area contributed by atoms with E-state index in [1.807, 2.05) is 0 Å². The first-order valence-corrected chi connectivity index (χ1v) is 10.0. The Bertz CT molecular complexity index is 561. The van der Waals surface area contributed by atoms with Crippen LogP contribution in [0.4, 0.5) is 0 Å². The molecule has 0 saturated carbocycles. The van der Waals surface area contributed by atoms with Gasteiger partial charge in [-0.1, -0.05) is 87.4 Å². The molecule has 0 amide bonds. The lowest BCUT2D eigenvalue weighted by Gasteiger charge is -2.50. The van der Waals surface area contributed by atoms with Crippen LogP contribution < -0.4 is 0 Å². The van der Waals surface area contributed by atoms with Crippen molar-refractivity contribution in [2.24, 2.45) is 0 Å². The molecule has 0 spiro atoms. The Morgan fingerprint density at radius 3 is 1.64 bits per heavy atom. The molecule has 0 atom stereocenters. The highest BCUT2D eigenvalue weighted by atomic mass is 15.4. The minimum Gasteiger partial charge on any atom is -0.316 e. The first-order chi connectivity index (χ1) is 12.1. The van der Waals surface area contributed by atoms with E-state index in [4.69, 9.17) is 0 Å². The van der Waals surface area contributed by atoms with Gasteiger partial charge in [-0.25, -0.2) is 0 Å². The van der Waals surface area contributed by atoms with Gasteiger partial charge in [0.25, 0.3) is 0 Å². The van der Waals surface area contributed by atoms with E-state index in [0.29, 0.717) is 0 Å². The molecule has 0 N–H and O–H groups in total. The Balaban J connectivity index is 2.50. The molecule has 0 fully saturated rings. The molecule has 1 heteroatoms. The standard InChI is InChI=1S/C24H36N/c1-5-7-8-15-21-25(3,4)24(20-6-2,22-16-11-9-12-17-22)23-18-13-10-14-19-23/h9-14,16-19H,5-8,15,20-21H2,1-4H3/q+1. The van der Waals surface area contributed by atoms with Crippen LogP contribution in [-0.4, -0.2) is 25.1 Å². The van der Waals surface area contributed by atoms with Crippen LogP contribution in [0.3, 0.4) is 0 Å². The number of rotatable bonds is 10. The zero-order valence-corrected chi connectivity index (χ0v) is 16.7. The predicted octanol–water partition coefficient (Wildman–Crippen LogP) is 6.39. The third kappa shape index (κ3) is 4.33. The number of hydrogen-bond donors (Lipinski definition) is 0. The summed E-state index contributed by atoms with van der Waals surface area (Å²) in [6.45, 7) is 5.82. The van der Waals surface area contributed by atoms with Crippen molar-refractivity contribution in [1.82, 2.24) is 0 Å². The van der Waals surface area contributed by atoms with Crippen LogP contribution in [0.15, 0.2) is 60.7 Å². The second-order valence-corrected chi connectivity index (χ2v) is 7.81. The molecule has 0 saturated heterocycles. The van der Waals surface area contributed by atoms with E-state index in [0.717, 1.165) is 4.48 Å². The molecule has 2 aromatic carbocycles. The van der Waals surface area contributed by atoms with E-state index in [1.54, 1.807) is 0 Å². The summed E-state index contributed by atoms with van der Waals surface area (Å²) < 4.78 is 1.01. The van der Waals surface area contributed by atoms with E-state index in [1.165, 1.54) is 56.2 Å². The summed E-state index contributed by atoms with van der Waals surface area (Å²) in [4.78, 5) is 0. The lowest BCUT2D eigenvalue weighted by Crippen LogP contribution is -2.58. The van der Waals surface area contributed by atoms with Crippen LogP contribution in [0.2, 0.25) is 0 Å². The van der Waals surface area contributed by atoms with Gasteiger partial charge in [0.2, 0.25) is 0 Å². The van der Waals surface area contributed by atoms with Crippen molar-refractivity contribution < 1.29 is 4.48 Å². The summed E-state index contributed by atoms with van der Waals surface area (Å²) >= 11 is 0. The van der Waals surface area contributed by atoms with Crippen LogP contribution in [0.25, 0.3) is 0 Å². The van der Waals surface area contributed by atoms with Gasteiger partial charge in [0, 0.05) is 17.5 Å². The lowest BCUT2D eigenvalue weighted by molar-refractivity contribution is -0.944. The zero-order chi connectivity index (χ0) is 18.2. The molecule has 25 heavy (non-hydrogen) atoms. The first kappa shape index (κ1) is 19.7. The van der Waals surface area contributed by atoms with Crippen molar-refractivity contribution in [2.45, 2.75) is 57.9 Å². The van der Waals surface area contributed by atoms with Crippen LogP contribution in [0, 0.1) is 0 Å². The van der Waals surface area contributed by atoms with E-state index in [2.05, 4.69) is 88.6 Å². The van der Waals surface area contributed by atoms with Crippen LogP contribution in [0.5, 0.6) is 0 Å². The van der Waals surface area contributed by atoms with E-state index < -0.39 is 0 Å². The summed E-state index contributed by atoms with van der Waals surface area (Å²) in [6, 6.07) is 22.4. The maximum absolute atomic E-state index is 2.43. The van der Waals surface area contributed by atoms with Crippen LogP contribution in [0.1, 0.15) is 63.5 Å². The van der Waals surface area contributed by atoms with Gasteiger partial charge in [0.1, 0.15) is 5.54 Å². The van der Waals surface area contributed by atoms with Crippen LogP contribution in [-0.2, 0) is 5.54 Å². The Morgan fingerprint density at radius 2 is 1.20 bits per heavy atom. The number of unbranched alkanes of at least 4 members (excludes halogenated alkanes) is 3. The highest BCUT2D eigenvalue weighted by molar-refractivity contribution is 5.36. The summed E-state index contributed by atoms with van der Waals surface area (Å²) in [6.07, 6.45) is 7.63. The number of nitrogens with zero attached hydrogens (tertiary/aromatic N) is 1. The van der Waals surface area contributed by atoms with Gasteiger partial charge in [-0.3, -0.25) is 0 Å². The van der Waals surface area contributed by atoms with Gasteiger partial charge in [-0.05, 0) is 19.3 Å². The molecule has 0 aliphatic rings. The molecular formula is C24H36N+. The number of benzene rings is 2. The Hall–Kier alpha value is -1.60. The van der Waals surface area contributed by atoms with Gasteiger partial charge in [0.05, 0.1) is 20.6 Å². The molecule has 0 radical (unpaired) electrons. The third-order valence-corrected chi connectivity index (χ3v) is 5.72. The van der Waals surface area contributed by atoms with E-state index >= 15 is 0 Å². The van der Waals surface area contributed by atoms with Crippen molar-refractivity contribution in [1.29, 1.82) is 0 Å². The SMILES string of the molecule is CCCCCC[N+](C)(C)C(CCC)(c1ccccc1)c1ccccc1. The smallest absolute Gasteiger partial charge is 0.150 e. The van der Waals surface area contributed by atoms with Crippen molar-refractivity contribution in [3.05, 3.63) is 71.8 Å². The van der Waals surface area contributed by atoms with E-state index in [9.17, 15) is 0 Å². The van der Waals surface area contributed by atoms with Gasteiger partial charge in [-0.2, -0.15) is 0 Å². The molecule has 0 heterocycles. The van der Waals surface area contributed by atoms with Crippen molar-refractivity contribution in [3.8, 4) is 0 Å². The third-order valence-electron chi connectivity index (χ3n) is 5.72. The minimum absolute atomic E-state index is 0.0173. The van der Waals surface area contributed by atoms with Gasteiger partial charge in [-0.15, -0.1) is 0 Å². The molecule has 0 bridgehead atoms. The van der Waals surface area contributed by atoms with E-state index in [-0.39, 0.29) is 5.54 Å². The average molecular weight is 339 g/mol. The Morgan fingerprint density at radius 1 is 0.680 bits per heavy atom. The molecule has 136 valence electrons. The molecular weight excluding hydrogens is 302 g/mol. The van der Waals surface area contributed by atoms with Gasteiger partial charge in [0.15, 0.2) is 0 Å². The monoisotopic (exact) mass is 338 g/mol. The Kier molecular flexibility index (Phi) is 7.25. The normalized spacial score (nSPS) is 12.3. The fraction of sp³-hybridized carbons (Fsp3) is 0.500. The summed E-state index contributed by atoms with van der Waals surface area (Å²) in [7, 11) is 4.86. The maximum Gasteiger partial charge on any atom is 0.150 e. The summed E-state index contributed by atoms with van der Waals surface area (Å²) in [5.41, 5.74) is 2.91. The van der Waals surface area contributed by atoms with Gasteiger partial charge < -0.3 is 4.48 Å². The van der Waals surface area contributed by atoms with Crippen molar-refractivity contribution >= 4 is 0 Å². The van der Waals surface area contributed by atoms with Crippen LogP contribution >= 0.6 is 0 Å². The summed E-state index contributed by atoms with van der Waals surface area (Å²) in [5.74, 6) is 0. The fourth-order valence-corrected chi connectivity index (χ4v) is 4.37. The molecule has 0 aliphatic carbocycles. The largest absolute Gasteiger partial charge is 0.316 e. The quantitative estimate of drug-likeness (QED) is 0.348. The molecule has 1 nitrogen and oxygen atoms in total. The lowest BCUT2D eigenvalue weighted by atomic mass is 9.76. The second kappa shape index (κ2) is 9.20. The number of hydrogen-bond acceptors (Lipinski definition) is 0. The fourth-order valence-electron chi connectivity index (χ4n) is 4.37. The molecule has 2 aromatic rings. The highest BCUT2D eigenvalue weighted by Gasteiger charge is 2.47. The van der Waals surface area contributed by atoms with Crippen molar-refractivity contribution in [2.75, 3.05) is 20.6 Å². The number of quaternary nitrogens is 1. The Labute approximate surface area is 155 Å². The molecule has 0 unspecified atom stereocenters. The predicted molar refractivity (Wildman–Crippen MR) is 110 cm³/mol. The maximum atomic E-state index is 2.43. The van der Waals surface area contributed by atoms with Gasteiger partial charge >= 0.3 is 0 Å².